The van der Waals surface area contributed by atoms with E-state index in [0.29, 0.717) is 12.4 Å². The third-order valence-corrected chi connectivity index (χ3v) is 5.04. The smallest absolute Gasteiger partial charge is 0.292 e. The first-order valence-electron chi connectivity index (χ1n) is 7.16. The van der Waals surface area contributed by atoms with Gasteiger partial charge in [-0.15, -0.1) is 0 Å². The third-order valence-electron chi connectivity index (χ3n) is 3.58. The van der Waals surface area contributed by atoms with Crippen molar-refractivity contribution in [1.29, 1.82) is 0 Å². The Balaban J connectivity index is 1.86. The second-order valence-electron chi connectivity index (χ2n) is 5.98. The average Bonchev–Trinajstić information content (AvgIpc) is 2.52. The number of hydrogen-bond acceptors (Lipinski definition) is 4. The standard InChI is InChI=1S/C16H19N2O3P/c1-16(2)12-20-22(19,18-14-10-6-7-11-17-14)21-15(16)13-8-4-3-5-9-13/h3-11,15H,12H2,1-2H3,(H,17,18,19)/t15-,22-/m0/s1. The van der Waals surface area contributed by atoms with Crippen molar-refractivity contribution in [2.75, 3.05) is 11.7 Å². The predicted molar refractivity (Wildman–Crippen MR) is 85.5 cm³/mol. The molecule has 0 unspecified atom stereocenters. The van der Waals surface area contributed by atoms with Crippen molar-refractivity contribution < 1.29 is 13.6 Å². The summed E-state index contributed by atoms with van der Waals surface area (Å²) in [6.45, 7) is 4.41. The molecule has 2 aromatic rings. The molecule has 1 aliphatic heterocycles. The Morgan fingerprint density at radius 1 is 1.18 bits per heavy atom. The molecule has 22 heavy (non-hydrogen) atoms. The zero-order chi connectivity index (χ0) is 15.6. The molecule has 1 N–H and O–H groups in total. The summed E-state index contributed by atoms with van der Waals surface area (Å²) in [6.07, 6.45) is 1.31. The van der Waals surface area contributed by atoms with Crippen molar-refractivity contribution in [3.05, 3.63) is 60.3 Å². The molecule has 1 saturated heterocycles. The first kappa shape index (κ1) is 15.2. The molecule has 0 radical (unpaired) electrons. The van der Waals surface area contributed by atoms with Gasteiger partial charge >= 0.3 is 7.75 Å². The SMILES string of the molecule is CC1(C)CO[P@@](=O)(Nc2ccccn2)O[C@H]1c1ccccc1. The zero-order valence-electron chi connectivity index (χ0n) is 12.6. The van der Waals surface area contributed by atoms with Gasteiger partial charge in [0.25, 0.3) is 0 Å². The van der Waals surface area contributed by atoms with E-state index in [-0.39, 0.29) is 11.5 Å². The van der Waals surface area contributed by atoms with Gasteiger partial charge in [0.1, 0.15) is 11.9 Å². The Bertz CT molecular complexity index is 676. The summed E-state index contributed by atoms with van der Waals surface area (Å²) in [5, 5.41) is 2.79. The van der Waals surface area contributed by atoms with Crippen LogP contribution in [0.25, 0.3) is 0 Å². The third kappa shape index (κ3) is 3.22. The van der Waals surface area contributed by atoms with Gasteiger partial charge in [-0.25, -0.2) is 9.55 Å². The van der Waals surface area contributed by atoms with Crippen LogP contribution in [0, 0.1) is 5.41 Å². The molecule has 0 spiro atoms. The van der Waals surface area contributed by atoms with Gasteiger partial charge < -0.3 is 0 Å². The van der Waals surface area contributed by atoms with Crippen LogP contribution in [0.1, 0.15) is 25.5 Å². The molecule has 0 aliphatic carbocycles. The summed E-state index contributed by atoms with van der Waals surface area (Å²) in [4.78, 5) is 4.11. The Labute approximate surface area is 130 Å². The number of anilines is 1. The van der Waals surface area contributed by atoms with Crippen molar-refractivity contribution in [3.8, 4) is 0 Å². The van der Waals surface area contributed by atoms with Gasteiger partial charge in [-0.3, -0.25) is 14.1 Å². The fraction of sp³-hybridized carbons (Fsp3) is 0.312. The number of rotatable bonds is 3. The topological polar surface area (TPSA) is 60.5 Å². The molecule has 1 aromatic carbocycles. The zero-order valence-corrected chi connectivity index (χ0v) is 13.5. The van der Waals surface area contributed by atoms with E-state index < -0.39 is 7.75 Å². The Kier molecular flexibility index (Phi) is 4.04. The Hall–Kier alpha value is -1.68. The van der Waals surface area contributed by atoms with Crippen molar-refractivity contribution in [3.63, 3.8) is 0 Å². The lowest BCUT2D eigenvalue weighted by atomic mass is 9.83. The molecule has 5 nitrogen and oxygen atoms in total. The second kappa shape index (κ2) is 5.84. The molecule has 2 atom stereocenters. The van der Waals surface area contributed by atoms with E-state index in [0.717, 1.165) is 5.56 Å². The number of hydrogen-bond donors (Lipinski definition) is 1. The van der Waals surface area contributed by atoms with Crippen LogP contribution in [-0.2, 0) is 13.6 Å². The maximum atomic E-state index is 12.9. The second-order valence-corrected chi connectivity index (χ2v) is 7.67. The van der Waals surface area contributed by atoms with E-state index in [9.17, 15) is 4.57 Å². The monoisotopic (exact) mass is 318 g/mol. The largest absolute Gasteiger partial charge is 0.434 e. The average molecular weight is 318 g/mol. The first-order chi connectivity index (χ1) is 10.5. The molecular weight excluding hydrogens is 299 g/mol. The maximum absolute atomic E-state index is 12.9. The molecule has 0 saturated carbocycles. The summed E-state index contributed by atoms with van der Waals surface area (Å²) < 4.78 is 24.3. The lowest BCUT2D eigenvalue weighted by molar-refractivity contribution is -0.0249. The summed E-state index contributed by atoms with van der Waals surface area (Å²) in [7, 11) is -3.45. The van der Waals surface area contributed by atoms with Crippen LogP contribution >= 0.6 is 7.75 Å². The first-order valence-corrected chi connectivity index (χ1v) is 8.70. The van der Waals surface area contributed by atoms with Gasteiger partial charge in [-0.2, -0.15) is 0 Å². The number of pyridine rings is 1. The van der Waals surface area contributed by atoms with Crippen LogP contribution in [-0.4, -0.2) is 11.6 Å². The molecule has 0 bridgehead atoms. The van der Waals surface area contributed by atoms with Gasteiger partial charge in [0.15, 0.2) is 0 Å². The molecule has 116 valence electrons. The van der Waals surface area contributed by atoms with E-state index in [1.807, 2.05) is 50.2 Å². The Morgan fingerprint density at radius 2 is 1.91 bits per heavy atom. The van der Waals surface area contributed by atoms with Crippen LogP contribution < -0.4 is 5.09 Å². The van der Waals surface area contributed by atoms with E-state index in [2.05, 4.69) is 10.1 Å². The number of aromatic nitrogens is 1. The van der Waals surface area contributed by atoms with Crippen molar-refractivity contribution in [2.24, 2.45) is 5.41 Å². The van der Waals surface area contributed by atoms with E-state index >= 15 is 0 Å². The van der Waals surface area contributed by atoms with Crippen LogP contribution in [0.5, 0.6) is 0 Å². The Morgan fingerprint density at radius 3 is 2.59 bits per heavy atom. The van der Waals surface area contributed by atoms with E-state index in [1.165, 1.54) is 0 Å². The highest BCUT2D eigenvalue weighted by atomic mass is 31.2. The van der Waals surface area contributed by atoms with Crippen LogP contribution in [0.4, 0.5) is 5.82 Å². The minimum Gasteiger partial charge on any atom is -0.292 e. The number of nitrogens with zero attached hydrogens (tertiary/aromatic N) is 1. The van der Waals surface area contributed by atoms with E-state index in [1.54, 1.807) is 18.3 Å². The van der Waals surface area contributed by atoms with Gasteiger partial charge in [-0.05, 0) is 17.7 Å². The molecule has 3 rings (SSSR count). The van der Waals surface area contributed by atoms with Crippen LogP contribution in [0.2, 0.25) is 0 Å². The summed E-state index contributed by atoms with van der Waals surface area (Å²) in [5.74, 6) is 0.470. The quantitative estimate of drug-likeness (QED) is 0.849. The summed E-state index contributed by atoms with van der Waals surface area (Å²) in [5.41, 5.74) is 0.708. The van der Waals surface area contributed by atoms with Crippen molar-refractivity contribution in [2.45, 2.75) is 20.0 Å². The fourth-order valence-electron chi connectivity index (χ4n) is 2.41. The minimum atomic E-state index is -3.45. The predicted octanol–water partition coefficient (Wildman–Crippen LogP) is 4.42. The molecule has 1 fully saturated rings. The highest BCUT2D eigenvalue weighted by Gasteiger charge is 2.45. The fourth-order valence-corrected chi connectivity index (χ4v) is 4.18. The number of nitrogens with one attached hydrogen (secondary N) is 1. The summed E-state index contributed by atoms with van der Waals surface area (Å²) >= 11 is 0. The lowest BCUT2D eigenvalue weighted by Crippen LogP contribution is -2.34. The van der Waals surface area contributed by atoms with Gasteiger partial charge in [0, 0.05) is 11.6 Å². The molecule has 2 heterocycles. The van der Waals surface area contributed by atoms with Crippen LogP contribution in [0.3, 0.4) is 0 Å². The molecular formula is C16H19N2O3P. The normalized spacial score (nSPS) is 27.3. The van der Waals surface area contributed by atoms with Gasteiger partial charge in [-0.1, -0.05) is 50.2 Å². The maximum Gasteiger partial charge on any atom is 0.434 e. The summed E-state index contributed by atoms with van der Waals surface area (Å²) in [6, 6.07) is 15.1. The van der Waals surface area contributed by atoms with Crippen LogP contribution in [0.15, 0.2) is 54.7 Å². The molecule has 0 amide bonds. The van der Waals surface area contributed by atoms with Gasteiger partial charge in [0.05, 0.1) is 6.61 Å². The van der Waals surface area contributed by atoms with Crippen molar-refractivity contribution >= 4 is 13.6 Å². The molecule has 1 aromatic heterocycles. The highest BCUT2D eigenvalue weighted by Crippen LogP contribution is 2.60. The molecule has 1 aliphatic rings. The minimum absolute atomic E-state index is 0.277. The van der Waals surface area contributed by atoms with E-state index in [4.69, 9.17) is 9.05 Å². The number of benzene rings is 1. The van der Waals surface area contributed by atoms with Crippen molar-refractivity contribution in [1.82, 2.24) is 4.98 Å². The molecule has 6 heteroatoms. The highest BCUT2D eigenvalue weighted by molar-refractivity contribution is 7.55. The lowest BCUT2D eigenvalue weighted by Gasteiger charge is -2.41. The van der Waals surface area contributed by atoms with Gasteiger partial charge in [0.2, 0.25) is 0 Å².